The van der Waals surface area contributed by atoms with Crippen LogP contribution in [0.15, 0.2) is 46.4 Å². The molecule has 0 spiro atoms. The molecule has 1 aromatic heterocycles. The van der Waals surface area contributed by atoms with E-state index in [1.807, 2.05) is 6.07 Å². The van der Waals surface area contributed by atoms with Crippen molar-refractivity contribution in [2.24, 2.45) is 15.7 Å². The molecule has 0 aliphatic heterocycles. The van der Waals surface area contributed by atoms with E-state index in [9.17, 15) is 18.0 Å². The quantitative estimate of drug-likeness (QED) is 0.242. The van der Waals surface area contributed by atoms with E-state index in [1.165, 1.54) is 6.92 Å². The molecule has 1 atom stereocenters. The van der Waals surface area contributed by atoms with Crippen LogP contribution in [0.1, 0.15) is 37.1 Å². The number of nitrogens with one attached hydrogen (secondary N) is 1. The summed E-state index contributed by atoms with van der Waals surface area (Å²) in [6.07, 6.45) is -2.77. The molecule has 12 heteroatoms. The Labute approximate surface area is 218 Å². The van der Waals surface area contributed by atoms with Crippen LogP contribution in [0.5, 0.6) is 5.75 Å². The molecular formula is C25H24BClF3N5O2. The summed E-state index contributed by atoms with van der Waals surface area (Å²) in [6, 6.07) is 9.19. The van der Waals surface area contributed by atoms with E-state index in [-0.39, 0.29) is 22.8 Å². The first-order chi connectivity index (χ1) is 17.4. The third kappa shape index (κ3) is 7.00. The number of rotatable bonds is 8. The Morgan fingerprint density at radius 1 is 1.35 bits per heavy atom. The van der Waals surface area contributed by atoms with Gasteiger partial charge in [0.15, 0.2) is 0 Å². The zero-order valence-electron chi connectivity index (χ0n) is 20.4. The summed E-state index contributed by atoms with van der Waals surface area (Å²) in [7, 11) is 6.22. The molecule has 1 amide bonds. The van der Waals surface area contributed by atoms with Gasteiger partial charge in [-0.2, -0.15) is 0 Å². The largest absolute Gasteiger partial charge is 0.487 e. The van der Waals surface area contributed by atoms with E-state index in [0.717, 1.165) is 18.5 Å². The lowest BCUT2D eigenvalue weighted by atomic mass is 9.72. The second-order valence-electron chi connectivity index (χ2n) is 8.42. The van der Waals surface area contributed by atoms with Gasteiger partial charge < -0.3 is 15.8 Å². The number of fused-ring (bicyclic) bond motifs is 1. The minimum atomic E-state index is -2.86. The molecule has 0 aliphatic rings. The summed E-state index contributed by atoms with van der Waals surface area (Å²) in [4.78, 5) is 25.0. The van der Waals surface area contributed by atoms with Crippen LogP contribution in [0.3, 0.4) is 0 Å². The number of amidine groups is 1. The highest BCUT2D eigenvalue weighted by Gasteiger charge is 2.28. The monoisotopic (exact) mass is 529 g/mol. The van der Waals surface area contributed by atoms with Gasteiger partial charge in [0.2, 0.25) is 12.3 Å². The molecule has 0 fully saturated rings. The van der Waals surface area contributed by atoms with Gasteiger partial charge in [0.1, 0.15) is 37.4 Å². The maximum atomic E-state index is 14.3. The topological polar surface area (TPSA) is 102 Å². The number of hydrogen-bond acceptors (Lipinski definition) is 4. The van der Waals surface area contributed by atoms with E-state index in [4.69, 9.17) is 29.9 Å². The number of para-hydroxylation sites is 1. The molecule has 1 heterocycles. The highest BCUT2D eigenvalue weighted by atomic mass is 35.5. The number of pyridine rings is 1. The highest BCUT2D eigenvalue weighted by molar-refractivity contribution is 6.31. The van der Waals surface area contributed by atoms with Crippen LogP contribution in [-0.2, 0) is 16.8 Å². The number of carbonyl (C=O) groups is 1. The second-order valence-corrected chi connectivity index (χ2v) is 8.83. The van der Waals surface area contributed by atoms with Crippen LogP contribution < -0.4 is 15.8 Å². The molecule has 192 valence electrons. The van der Waals surface area contributed by atoms with Gasteiger partial charge in [0.25, 0.3) is 0 Å². The third-order valence-electron chi connectivity index (χ3n) is 5.28. The van der Waals surface area contributed by atoms with E-state index < -0.39 is 30.0 Å². The minimum absolute atomic E-state index is 0.0141. The average molecular weight is 530 g/mol. The van der Waals surface area contributed by atoms with Crippen molar-refractivity contribution < 1.29 is 22.7 Å². The molecule has 0 bridgehead atoms. The SMILES string of the molecule is [B][C@@](C)(NC(=O)CC(F)F)c1cc(F)cc(Cl)c1COc1cccc2c(N=C(C)N=CN)cc(C)nc12. The van der Waals surface area contributed by atoms with Crippen molar-refractivity contribution >= 4 is 54.1 Å². The van der Waals surface area contributed by atoms with Crippen molar-refractivity contribution in [1.29, 1.82) is 0 Å². The Morgan fingerprint density at radius 2 is 2.08 bits per heavy atom. The van der Waals surface area contributed by atoms with Gasteiger partial charge in [0.05, 0.1) is 23.5 Å². The number of alkyl halides is 2. The van der Waals surface area contributed by atoms with Gasteiger partial charge in [-0.1, -0.05) is 23.7 Å². The lowest BCUT2D eigenvalue weighted by Crippen LogP contribution is -2.45. The van der Waals surface area contributed by atoms with Crippen LogP contribution in [0.4, 0.5) is 18.9 Å². The number of aliphatic imine (C=N–C) groups is 2. The average Bonchev–Trinajstić information content (AvgIpc) is 2.77. The Morgan fingerprint density at radius 3 is 2.76 bits per heavy atom. The number of nitrogens with zero attached hydrogens (tertiary/aromatic N) is 3. The van der Waals surface area contributed by atoms with Crippen LogP contribution in [0.2, 0.25) is 5.02 Å². The van der Waals surface area contributed by atoms with Gasteiger partial charge in [-0.3, -0.25) is 4.79 Å². The van der Waals surface area contributed by atoms with E-state index in [2.05, 4.69) is 20.3 Å². The van der Waals surface area contributed by atoms with E-state index in [1.54, 1.807) is 32.0 Å². The molecule has 0 unspecified atom stereocenters. The predicted octanol–water partition coefficient (Wildman–Crippen LogP) is 5.06. The molecule has 0 saturated heterocycles. The van der Waals surface area contributed by atoms with Crippen molar-refractivity contribution in [1.82, 2.24) is 10.3 Å². The number of benzene rings is 2. The molecule has 0 aliphatic carbocycles. The first-order valence-corrected chi connectivity index (χ1v) is 11.5. The zero-order valence-corrected chi connectivity index (χ0v) is 21.1. The van der Waals surface area contributed by atoms with Crippen molar-refractivity contribution in [2.75, 3.05) is 0 Å². The molecule has 3 aromatic rings. The molecule has 3 rings (SSSR count). The molecule has 2 radical (unpaired) electrons. The van der Waals surface area contributed by atoms with Crippen LogP contribution in [0, 0.1) is 12.7 Å². The fraction of sp³-hybridized carbons (Fsp3) is 0.280. The van der Waals surface area contributed by atoms with Crippen molar-refractivity contribution in [3.8, 4) is 5.75 Å². The summed E-state index contributed by atoms with van der Waals surface area (Å²) in [5.41, 5.74) is 5.76. The number of aryl methyl sites for hydroxylation is 1. The molecule has 37 heavy (non-hydrogen) atoms. The van der Waals surface area contributed by atoms with E-state index in [0.29, 0.717) is 33.9 Å². The first-order valence-electron chi connectivity index (χ1n) is 11.1. The van der Waals surface area contributed by atoms with Gasteiger partial charge in [0, 0.05) is 22.1 Å². The number of nitrogens with two attached hydrogens (primary N) is 1. The standard InChI is InChI=1S/C25H24BClF3N5O2/c1-13-7-20(34-14(2)32-12-31)16-5-4-6-21(24(16)33-13)37-11-17-18(8-15(28)9-19(17)27)25(3,26)35-23(36)10-22(29)30/h4-9,12,22H,10-11H2,1-3H3,(H,35,36)(H2,31,32,33,34)/t25-/m0/s1. The number of ether oxygens (including phenoxy) is 1. The summed E-state index contributed by atoms with van der Waals surface area (Å²) in [6.45, 7) is 4.67. The summed E-state index contributed by atoms with van der Waals surface area (Å²) >= 11 is 6.32. The second kappa shape index (κ2) is 11.6. The summed E-state index contributed by atoms with van der Waals surface area (Å²) in [5, 5.41) is 2.97. The number of halogens is 4. The maximum absolute atomic E-state index is 14.3. The Kier molecular flexibility index (Phi) is 8.80. The first kappa shape index (κ1) is 28.0. The number of carbonyl (C=O) groups excluding carboxylic acids is 1. The highest BCUT2D eigenvalue weighted by Crippen LogP contribution is 2.34. The van der Waals surface area contributed by atoms with Gasteiger partial charge in [-0.05, 0) is 50.6 Å². The smallest absolute Gasteiger partial charge is 0.247 e. The third-order valence-corrected chi connectivity index (χ3v) is 5.62. The van der Waals surface area contributed by atoms with Crippen molar-refractivity contribution in [3.63, 3.8) is 0 Å². The molecular weight excluding hydrogens is 506 g/mol. The normalized spacial score (nSPS) is 13.8. The van der Waals surface area contributed by atoms with Crippen LogP contribution >= 0.6 is 11.6 Å². The molecule has 3 N–H and O–H groups in total. The van der Waals surface area contributed by atoms with Crippen molar-refractivity contribution in [2.45, 2.75) is 45.7 Å². The number of amides is 1. The summed E-state index contributed by atoms with van der Waals surface area (Å²) in [5.74, 6) is -0.892. The Hall–Kier alpha value is -3.60. The fourth-order valence-electron chi connectivity index (χ4n) is 3.76. The molecule has 0 saturated carbocycles. The van der Waals surface area contributed by atoms with E-state index >= 15 is 0 Å². The van der Waals surface area contributed by atoms with Crippen LogP contribution in [-0.4, -0.2) is 37.3 Å². The lowest BCUT2D eigenvalue weighted by Gasteiger charge is -2.30. The molecule has 7 nitrogen and oxygen atoms in total. The predicted molar refractivity (Wildman–Crippen MR) is 140 cm³/mol. The molecule has 2 aromatic carbocycles. The zero-order chi connectivity index (χ0) is 27.3. The van der Waals surface area contributed by atoms with Gasteiger partial charge >= 0.3 is 0 Å². The maximum Gasteiger partial charge on any atom is 0.247 e. The van der Waals surface area contributed by atoms with Crippen molar-refractivity contribution in [3.05, 3.63) is 64.1 Å². The number of hydrogen-bond donors (Lipinski definition) is 2. The Bertz CT molecular complexity index is 1380. The lowest BCUT2D eigenvalue weighted by molar-refractivity contribution is -0.124. The Balaban J connectivity index is 2.00. The minimum Gasteiger partial charge on any atom is -0.487 e. The number of aromatic nitrogens is 1. The fourth-order valence-corrected chi connectivity index (χ4v) is 4.02. The van der Waals surface area contributed by atoms with Crippen LogP contribution in [0.25, 0.3) is 10.9 Å². The van der Waals surface area contributed by atoms with Gasteiger partial charge in [-0.25, -0.2) is 28.1 Å². The van der Waals surface area contributed by atoms with Gasteiger partial charge in [-0.15, -0.1) is 0 Å². The summed E-state index contributed by atoms with van der Waals surface area (Å²) < 4.78 is 45.6.